The molecule has 0 saturated heterocycles. The van der Waals surface area contributed by atoms with E-state index >= 15 is 0 Å². The molecule has 0 bridgehead atoms. The molecular formula is C20H16N2O4. The van der Waals surface area contributed by atoms with Gasteiger partial charge in [0.2, 0.25) is 6.41 Å². The fourth-order valence-corrected chi connectivity index (χ4v) is 2.34. The lowest BCUT2D eigenvalue weighted by molar-refractivity contribution is -0.105. The smallest absolute Gasteiger partial charge is 0.259 e. The summed E-state index contributed by atoms with van der Waals surface area (Å²) < 4.78 is 5.69. The minimum Gasteiger partial charge on any atom is -0.505 e. The third kappa shape index (κ3) is 3.99. The average Bonchev–Trinajstić information content (AvgIpc) is 2.66. The number of para-hydroxylation sites is 2. The van der Waals surface area contributed by atoms with Gasteiger partial charge in [-0.2, -0.15) is 0 Å². The minimum atomic E-state index is -0.492. The van der Waals surface area contributed by atoms with Gasteiger partial charge in [-0.15, -0.1) is 0 Å². The molecule has 0 spiro atoms. The summed E-state index contributed by atoms with van der Waals surface area (Å²) >= 11 is 0. The Kier molecular flexibility index (Phi) is 5.14. The molecule has 3 N–H and O–H groups in total. The zero-order chi connectivity index (χ0) is 18.4. The van der Waals surface area contributed by atoms with Crippen LogP contribution < -0.4 is 15.4 Å². The van der Waals surface area contributed by atoms with Crippen LogP contribution in [0.5, 0.6) is 17.2 Å². The number of hydrogen-bond acceptors (Lipinski definition) is 4. The van der Waals surface area contributed by atoms with Crippen LogP contribution in [-0.2, 0) is 4.79 Å². The SMILES string of the molecule is O=CNc1cccc(C(=O)Nc2ccc(Oc3ccccc3)cc2)c1O. The van der Waals surface area contributed by atoms with Crippen LogP contribution in [-0.4, -0.2) is 17.4 Å². The maximum atomic E-state index is 12.3. The zero-order valence-electron chi connectivity index (χ0n) is 13.7. The largest absolute Gasteiger partial charge is 0.505 e. The number of amides is 2. The van der Waals surface area contributed by atoms with Gasteiger partial charge < -0.3 is 20.5 Å². The fraction of sp³-hybridized carbons (Fsp3) is 0. The Morgan fingerprint density at radius 3 is 2.27 bits per heavy atom. The number of carbonyl (C=O) groups excluding carboxylic acids is 2. The molecule has 26 heavy (non-hydrogen) atoms. The predicted octanol–water partition coefficient (Wildman–Crippen LogP) is 4.01. The van der Waals surface area contributed by atoms with E-state index in [0.29, 0.717) is 23.6 Å². The van der Waals surface area contributed by atoms with E-state index in [0.717, 1.165) is 0 Å². The van der Waals surface area contributed by atoms with Gasteiger partial charge in [0.15, 0.2) is 5.75 Å². The number of phenolic OH excluding ortho intramolecular Hbond substituents is 1. The first-order chi connectivity index (χ1) is 12.7. The van der Waals surface area contributed by atoms with Gasteiger partial charge in [0.25, 0.3) is 5.91 Å². The summed E-state index contributed by atoms with van der Waals surface area (Å²) in [6, 6.07) is 20.7. The second-order valence-electron chi connectivity index (χ2n) is 5.36. The molecule has 3 aromatic carbocycles. The maximum absolute atomic E-state index is 12.3. The van der Waals surface area contributed by atoms with Crippen LogP contribution in [0.1, 0.15) is 10.4 Å². The van der Waals surface area contributed by atoms with Crippen molar-refractivity contribution in [3.63, 3.8) is 0 Å². The lowest BCUT2D eigenvalue weighted by Gasteiger charge is -2.10. The Morgan fingerprint density at radius 2 is 1.58 bits per heavy atom. The third-order valence-corrected chi connectivity index (χ3v) is 3.59. The van der Waals surface area contributed by atoms with Gasteiger partial charge in [-0.1, -0.05) is 24.3 Å². The summed E-state index contributed by atoms with van der Waals surface area (Å²) in [5.74, 6) is 0.567. The highest BCUT2D eigenvalue weighted by molar-refractivity contribution is 6.07. The molecule has 6 heteroatoms. The molecule has 0 radical (unpaired) electrons. The molecule has 0 aliphatic carbocycles. The number of hydrogen-bond donors (Lipinski definition) is 3. The topological polar surface area (TPSA) is 87.7 Å². The normalized spacial score (nSPS) is 10.0. The molecule has 130 valence electrons. The van der Waals surface area contributed by atoms with Gasteiger partial charge in [-0.05, 0) is 48.5 Å². The number of nitrogens with one attached hydrogen (secondary N) is 2. The Bertz CT molecular complexity index is 909. The van der Waals surface area contributed by atoms with Crippen molar-refractivity contribution in [2.75, 3.05) is 10.6 Å². The Balaban J connectivity index is 1.70. The number of benzene rings is 3. The van der Waals surface area contributed by atoms with Gasteiger partial charge in [0.05, 0.1) is 11.3 Å². The predicted molar refractivity (Wildman–Crippen MR) is 98.7 cm³/mol. The lowest BCUT2D eigenvalue weighted by Crippen LogP contribution is -2.12. The molecule has 3 aromatic rings. The monoisotopic (exact) mass is 348 g/mol. The van der Waals surface area contributed by atoms with E-state index in [9.17, 15) is 14.7 Å². The fourth-order valence-electron chi connectivity index (χ4n) is 2.34. The molecule has 0 heterocycles. The summed E-state index contributed by atoms with van der Waals surface area (Å²) in [6.45, 7) is 0. The van der Waals surface area contributed by atoms with Crippen LogP contribution in [0.4, 0.5) is 11.4 Å². The highest BCUT2D eigenvalue weighted by Gasteiger charge is 2.14. The van der Waals surface area contributed by atoms with Crippen molar-refractivity contribution in [2.24, 2.45) is 0 Å². The highest BCUT2D eigenvalue weighted by Crippen LogP contribution is 2.28. The number of anilines is 2. The maximum Gasteiger partial charge on any atom is 0.259 e. The van der Waals surface area contributed by atoms with Gasteiger partial charge in [-0.25, -0.2) is 0 Å². The molecule has 2 amide bonds. The van der Waals surface area contributed by atoms with E-state index in [1.165, 1.54) is 12.1 Å². The Labute approximate surface area is 150 Å². The molecule has 0 atom stereocenters. The second-order valence-corrected chi connectivity index (χ2v) is 5.36. The molecular weight excluding hydrogens is 332 g/mol. The molecule has 3 rings (SSSR count). The van der Waals surface area contributed by atoms with Crippen LogP contribution in [0.2, 0.25) is 0 Å². The van der Waals surface area contributed by atoms with E-state index in [2.05, 4.69) is 10.6 Å². The van der Waals surface area contributed by atoms with Crippen molar-refractivity contribution in [3.8, 4) is 17.2 Å². The summed E-state index contributed by atoms with van der Waals surface area (Å²) in [6.07, 6.45) is 0.433. The highest BCUT2D eigenvalue weighted by atomic mass is 16.5. The van der Waals surface area contributed by atoms with Gasteiger partial charge >= 0.3 is 0 Å². The van der Waals surface area contributed by atoms with Crippen molar-refractivity contribution in [1.29, 1.82) is 0 Å². The number of carbonyl (C=O) groups is 2. The molecule has 0 saturated carbocycles. The molecule has 6 nitrogen and oxygen atoms in total. The standard InChI is InChI=1S/C20H16N2O4/c23-13-21-18-8-4-7-17(19(18)24)20(25)22-14-9-11-16(12-10-14)26-15-5-2-1-3-6-15/h1-13,24H,(H,21,23)(H,22,25). The zero-order valence-corrected chi connectivity index (χ0v) is 13.7. The van der Waals surface area contributed by atoms with Crippen LogP contribution in [0.15, 0.2) is 72.8 Å². The molecule has 0 aliphatic rings. The quantitative estimate of drug-likeness (QED) is 0.464. The first-order valence-electron chi connectivity index (χ1n) is 7.84. The number of phenols is 1. The van der Waals surface area contributed by atoms with Crippen LogP contribution in [0.25, 0.3) is 0 Å². The molecule has 0 aliphatic heterocycles. The van der Waals surface area contributed by atoms with E-state index in [1.54, 1.807) is 30.3 Å². The van der Waals surface area contributed by atoms with Crippen molar-refractivity contribution < 1.29 is 19.4 Å². The third-order valence-electron chi connectivity index (χ3n) is 3.59. The Morgan fingerprint density at radius 1 is 0.885 bits per heavy atom. The van der Waals surface area contributed by atoms with Crippen molar-refractivity contribution in [1.82, 2.24) is 0 Å². The average molecular weight is 348 g/mol. The first kappa shape index (κ1) is 17.0. The van der Waals surface area contributed by atoms with Crippen molar-refractivity contribution >= 4 is 23.7 Å². The number of ether oxygens (including phenoxy) is 1. The lowest BCUT2D eigenvalue weighted by atomic mass is 10.1. The summed E-state index contributed by atoms with van der Waals surface area (Å²) in [7, 11) is 0. The first-order valence-corrected chi connectivity index (χ1v) is 7.84. The molecule has 0 unspecified atom stereocenters. The second kappa shape index (κ2) is 7.85. The van der Waals surface area contributed by atoms with Gasteiger partial charge in [-0.3, -0.25) is 9.59 Å². The van der Waals surface area contributed by atoms with Crippen LogP contribution in [0, 0.1) is 0 Å². The minimum absolute atomic E-state index is 0.0569. The van der Waals surface area contributed by atoms with Crippen molar-refractivity contribution in [3.05, 3.63) is 78.4 Å². The number of aromatic hydroxyl groups is 1. The van der Waals surface area contributed by atoms with Crippen LogP contribution in [0.3, 0.4) is 0 Å². The van der Waals surface area contributed by atoms with E-state index in [4.69, 9.17) is 4.74 Å². The molecule has 0 aromatic heterocycles. The van der Waals surface area contributed by atoms with E-state index in [1.807, 2.05) is 30.3 Å². The van der Waals surface area contributed by atoms with E-state index in [-0.39, 0.29) is 17.0 Å². The van der Waals surface area contributed by atoms with Crippen LogP contribution >= 0.6 is 0 Å². The van der Waals surface area contributed by atoms with Gasteiger partial charge in [0, 0.05) is 5.69 Å². The van der Waals surface area contributed by atoms with Crippen molar-refractivity contribution in [2.45, 2.75) is 0 Å². The Hall–Kier alpha value is -3.80. The summed E-state index contributed by atoms with van der Waals surface area (Å²) in [4.78, 5) is 22.9. The van der Waals surface area contributed by atoms with Gasteiger partial charge in [0.1, 0.15) is 11.5 Å². The summed E-state index contributed by atoms with van der Waals surface area (Å²) in [5, 5.41) is 15.1. The van der Waals surface area contributed by atoms with E-state index < -0.39 is 5.91 Å². The number of rotatable bonds is 6. The summed E-state index contributed by atoms with van der Waals surface area (Å²) in [5.41, 5.74) is 0.768. The molecule has 0 fully saturated rings.